The van der Waals surface area contributed by atoms with Crippen molar-refractivity contribution in [3.05, 3.63) is 12.2 Å². The maximum Gasteiger partial charge on any atom is 0.0999 e. The zero-order chi connectivity index (χ0) is 20.0. The lowest BCUT2D eigenvalue weighted by Crippen LogP contribution is -2.37. The first-order chi connectivity index (χ1) is 13.0. The predicted molar refractivity (Wildman–Crippen MR) is 123 cm³/mol. The Bertz CT molecular complexity index is 420. The quantitative estimate of drug-likeness (QED) is 0.197. The Balaban J connectivity index is 1.95. The van der Waals surface area contributed by atoms with E-state index in [4.69, 9.17) is 4.99 Å². The predicted octanol–water partition coefficient (Wildman–Crippen LogP) is 7.93. The second kappa shape index (κ2) is 14.2. The summed E-state index contributed by atoms with van der Waals surface area (Å²) in [6.45, 7) is 12.5. The zero-order valence-corrected chi connectivity index (χ0v) is 19.2. The summed E-state index contributed by atoms with van der Waals surface area (Å²) in [7, 11) is 0. The second-order valence-corrected chi connectivity index (χ2v) is 9.40. The van der Waals surface area contributed by atoms with Crippen molar-refractivity contribution >= 4 is 5.84 Å². The van der Waals surface area contributed by atoms with Crippen LogP contribution < -0.4 is 0 Å². The maximum atomic E-state index is 4.96. The third-order valence-corrected chi connectivity index (χ3v) is 5.61. The summed E-state index contributed by atoms with van der Waals surface area (Å²) < 4.78 is 0. The van der Waals surface area contributed by atoms with Crippen molar-refractivity contribution in [2.75, 3.05) is 6.54 Å². The van der Waals surface area contributed by atoms with Gasteiger partial charge in [-0.3, -0.25) is 4.99 Å². The fourth-order valence-electron chi connectivity index (χ4n) is 3.99. The average Bonchev–Trinajstić information content (AvgIpc) is 2.93. The maximum absolute atomic E-state index is 4.96. The van der Waals surface area contributed by atoms with Crippen LogP contribution in [0.3, 0.4) is 0 Å². The largest absolute Gasteiger partial charge is 0.356 e. The van der Waals surface area contributed by atoms with Crippen molar-refractivity contribution in [3.8, 4) is 0 Å². The molecule has 0 unspecified atom stereocenters. The van der Waals surface area contributed by atoms with Crippen molar-refractivity contribution in [1.82, 2.24) is 4.90 Å². The molecule has 1 heterocycles. The fraction of sp³-hybridized carbons (Fsp3) is 0.880. The Kier molecular flexibility index (Phi) is 12.8. The zero-order valence-electron chi connectivity index (χ0n) is 19.2. The van der Waals surface area contributed by atoms with E-state index in [-0.39, 0.29) is 5.54 Å². The molecule has 0 amide bonds. The summed E-state index contributed by atoms with van der Waals surface area (Å²) in [5.41, 5.74) is 0.113. The number of hydrogen-bond donors (Lipinski definition) is 0. The highest BCUT2D eigenvalue weighted by molar-refractivity contribution is 5.84. The van der Waals surface area contributed by atoms with Gasteiger partial charge in [0, 0.05) is 19.0 Å². The molecule has 0 aromatic heterocycles. The molecule has 2 heteroatoms. The molecule has 1 rings (SSSR count). The first-order valence-corrected chi connectivity index (χ1v) is 12.0. The molecule has 0 saturated heterocycles. The first kappa shape index (κ1) is 24.2. The van der Waals surface area contributed by atoms with Crippen LogP contribution >= 0.6 is 0 Å². The number of nitrogens with zero attached hydrogens (tertiary/aromatic N) is 2. The van der Waals surface area contributed by atoms with Crippen molar-refractivity contribution in [2.24, 2.45) is 4.99 Å². The molecule has 0 fully saturated rings. The number of hydrogen-bond acceptors (Lipinski definition) is 2. The summed E-state index contributed by atoms with van der Waals surface area (Å²) in [5.74, 6) is 1.35. The molecule has 0 radical (unpaired) electrons. The van der Waals surface area contributed by atoms with Crippen LogP contribution in [0.5, 0.6) is 0 Å². The normalized spacial score (nSPS) is 16.7. The topological polar surface area (TPSA) is 15.6 Å². The Morgan fingerprint density at radius 3 is 1.93 bits per heavy atom. The van der Waals surface area contributed by atoms with Gasteiger partial charge in [0.1, 0.15) is 0 Å². The van der Waals surface area contributed by atoms with Crippen LogP contribution in [0, 0.1) is 0 Å². The summed E-state index contributed by atoms with van der Waals surface area (Å²) in [4.78, 5) is 7.47. The number of unbranched alkanes of at least 4 members (excludes halogenated alkanes) is 11. The van der Waals surface area contributed by atoms with Gasteiger partial charge in [-0.1, -0.05) is 70.4 Å². The Morgan fingerprint density at radius 2 is 1.37 bits per heavy atom. The third-order valence-electron chi connectivity index (χ3n) is 5.61. The SMILES string of the molecule is CCCCCCCC/C=C\CCCCCCCC1=NC(C)(C)CN1C(C)C. The van der Waals surface area contributed by atoms with Gasteiger partial charge in [0.05, 0.1) is 11.4 Å². The van der Waals surface area contributed by atoms with Crippen molar-refractivity contribution in [3.63, 3.8) is 0 Å². The fourth-order valence-corrected chi connectivity index (χ4v) is 3.99. The number of allylic oxidation sites excluding steroid dienone is 2. The Labute approximate surface area is 170 Å². The van der Waals surface area contributed by atoms with Crippen molar-refractivity contribution in [2.45, 2.75) is 136 Å². The Hall–Kier alpha value is -0.790. The molecule has 0 saturated carbocycles. The molecule has 0 atom stereocenters. The van der Waals surface area contributed by atoms with Gasteiger partial charge in [0.25, 0.3) is 0 Å². The standard InChI is InChI=1S/C25H48N2/c1-6-7-8-9-10-11-12-13-14-15-16-17-18-19-20-21-24-26-25(4,5)22-27(24)23(2)3/h13-14,23H,6-12,15-22H2,1-5H3/b14-13-. The Morgan fingerprint density at radius 1 is 0.852 bits per heavy atom. The smallest absolute Gasteiger partial charge is 0.0999 e. The molecule has 0 N–H and O–H groups in total. The number of rotatable bonds is 16. The van der Waals surface area contributed by atoms with Gasteiger partial charge < -0.3 is 4.90 Å². The highest BCUT2D eigenvalue weighted by atomic mass is 15.3. The lowest BCUT2D eigenvalue weighted by molar-refractivity contribution is 0.320. The molecule has 1 aliphatic rings. The molecule has 0 bridgehead atoms. The van der Waals surface area contributed by atoms with Gasteiger partial charge in [-0.05, 0) is 59.8 Å². The molecule has 0 aromatic carbocycles. The minimum Gasteiger partial charge on any atom is -0.356 e. The van der Waals surface area contributed by atoms with E-state index in [9.17, 15) is 0 Å². The molecule has 158 valence electrons. The molecular weight excluding hydrogens is 328 g/mol. The highest BCUT2D eigenvalue weighted by Crippen LogP contribution is 2.24. The third kappa shape index (κ3) is 11.6. The number of amidine groups is 1. The van der Waals surface area contributed by atoms with Crippen molar-refractivity contribution < 1.29 is 0 Å². The lowest BCUT2D eigenvalue weighted by Gasteiger charge is -2.26. The van der Waals surface area contributed by atoms with Gasteiger partial charge in [0.15, 0.2) is 0 Å². The van der Waals surface area contributed by atoms with E-state index in [2.05, 4.69) is 51.7 Å². The monoisotopic (exact) mass is 376 g/mol. The summed E-state index contributed by atoms with van der Waals surface area (Å²) in [6.07, 6.45) is 23.8. The minimum atomic E-state index is 0.113. The highest BCUT2D eigenvalue weighted by Gasteiger charge is 2.31. The van der Waals surface area contributed by atoms with Crippen LogP contribution in [0.15, 0.2) is 17.1 Å². The van der Waals surface area contributed by atoms with Gasteiger partial charge in [0.2, 0.25) is 0 Å². The van der Waals surface area contributed by atoms with Crippen LogP contribution in [0.4, 0.5) is 0 Å². The van der Waals surface area contributed by atoms with Crippen LogP contribution in [-0.4, -0.2) is 28.9 Å². The average molecular weight is 377 g/mol. The molecule has 0 aromatic rings. The molecule has 0 aliphatic carbocycles. The molecule has 1 aliphatic heterocycles. The minimum absolute atomic E-state index is 0.113. The summed E-state index contributed by atoms with van der Waals surface area (Å²) in [6, 6.07) is 0.577. The second-order valence-electron chi connectivity index (χ2n) is 9.40. The molecule has 27 heavy (non-hydrogen) atoms. The summed E-state index contributed by atoms with van der Waals surface area (Å²) in [5, 5.41) is 0. The van der Waals surface area contributed by atoms with Gasteiger partial charge in [-0.25, -0.2) is 0 Å². The van der Waals surface area contributed by atoms with Gasteiger partial charge >= 0.3 is 0 Å². The van der Waals surface area contributed by atoms with Crippen molar-refractivity contribution in [1.29, 1.82) is 0 Å². The van der Waals surface area contributed by atoms with E-state index in [0.29, 0.717) is 6.04 Å². The molecule has 2 nitrogen and oxygen atoms in total. The van der Waals surface area contributed by atoms with E-state index in [0.717, 1.165) is 6.54 Å². The molecule has 0 spiro atoms. The van der Waals surface area contributed by atoms with E-state index in [1.807, 2.05) is 0 Å². The summed E-state index contributed by atoms with van der Waals surface area (Å²) >= 11 is 0. The van der Waals surface area contributed by atoms with Crippen LogP contribution in [-0.2, 0) is 0 Å². The molecular formula is C25H48N2. The van der Waals surface area contributed by atoms with E-state index in [1.165, 1.54) is 95.7 Å². The van der Waals surface area contributed by atoms with E-state index < -0.39 is 0 Å². The van der Waals surface area contributed by atoms with Gasteiger partial charge in [-0.15, -0.1) is 0 Å². The van der Waals surface area contributed by atoms with Gasteiger partial charge in [-0.2, -0.15) is 0 Å². The van der Waals surface area contributed by atoms with Crippen LogP contribution in [0.2, 0.25) is 0 Å². The lowest BCUT2D eigenvalue weighted by atomic mass is 10.1. The van der Waals surface area contributed by atoms with E-state index in [1.54, 1.807) is 0 Å². The van der Waals surface area contributed by atoms with Crippen LogP contribution in [0.25, 0.3) is 0 Å². The first-order valence-electron chi connectivity index (χ1n) is 12.0. The van der Waals surface area contributed by atoms with Crippen LogP contribution in [0.1, 0.15) is 125 Å². The number of aliphatic imine (C=N–C) groups is 1. The van der Waals surface area contributed by atoms with E-state index >= 15 is 0 Å².